The van der Waals surface area contributed by atoms with E-state index in [2.05, 4.69) is 0 Å². The molecule has 0 radical (unpaired) electrons. The minimum absolute atomic E-state index is 0.224. The Morgan fingerprint density at radius 3 is 2.73 bits per heavy atom. The quantitative estimate of drug-likeness (QED) is 0.771. The van der Waals surface area contributed by atoms with Crippen LogP contribution in [0.5, 0.6) is 0 Å². The number of carbonyl (C=O) groups is 1. The molecule has 0 saturated carbocycles. The summed E-state index contributed by atoms with van der Waals surface area (Å²) in [5.41, 5.74) is -2.54. The smallest absolute Gasteiger partial charge is 0.162 e. The number of likely N-dealkylation sites (tertiary alicyclic amines) is 1. The van der Waals surface area contributed by atoms with E-state index in [1.54, 1.807) is 6.92 Å². The Hall–Kier alpha value is -0.480. The molecule has 0 aromatic carbocycles. The molecule has 1 aliphatic heterocycles. The largest absolute Gasteiger partial charge is 0.381 e. The van der Waals surface area contributed by atoms with Gasteiger partial charge in [-0.25, -0.2) is 4.39 Å². The number of Topliss-reactive ketones (excluding diaryl/α,β-unsaturated/α-hetero) is 1. The van der Waals surface area contributed by atoms with Crippen molar-refractivity contribution in [3.05, 3.63) is 0 Å². The molecule has 3 nitrogen and oxygen atoms in total. The molecule has 1 rings (SSSR count). The first-order chi connectivity index (χ1) is 6.73. The summed E-state index contributed by atoms with van der Waals surface area (Å²) in [7, 11) is 0. The molecular formula is C11H20FNO2. The predicted molar refractivity (Wildman–Crippen MR) is 56.5 cm³/mol. The molecule has 0 unspecified atom stereocenters. The maximum Gasteiger partial charge on any atom is 0.162 e. The third-order valence-electron chi connectivity index (χ3n) is 3.02. The molecule has 1 N–H and O–H groups in total. The van der Waals surface area contributed by atoms with E-state index in [1.807, 2.05) is 4.90 Å². The van der Waals surface area contributed by atoms with Gasteiger partial charge in [-0.2, -0.15) is 0 Å². The van der Waals surface area contributed by atoms with E-state index in [1.165, 1.54) is 13.8 Å². The summed E-state index contributed by atoms with van der Waals surface area (Å²) in [4.78, 5) is 13.0. The Bertz CT molecular complexity index is 251. The SMILES string of the molecule is CC(=O)[C@](C)(O)CN1CCC[C@](C)(F)C1. The zero-order valence-electron chi connectivity index (χ0n) is 9.72. The van der Waals surface area contributed by atoms with E-state index in [9.17, 15) is 14.3 Å². The van der Waals surface area contributed by atoms with E-state index in [-0.39, 0.29) is 12.3 Å². The highest BCUT2D eigenvalue weighted by Gasteiger charge is 2.35. The fourth-order valence-electron chi connectivity index (χ4n) is 1.98. The van der Waals surface area contributed by atoms with Crippen molar-refractivity contribution in [3.63, 3.8) is 0 Å². The van der Waals surface area contributed by atoms with Crippen LogP contribution in [-0.2, 0) is 4.79 Å². The lowest BCUT2D eigenvalue weighted by Crippen LogP contribution is -2.51. The number of hydrogen-bond acceptors (Lipinski definition) is 3. The van der Waals surface area contributed by atoms with Crippen LogP contribution in [0.25, 0.3) is 0 Å². The van der Waals surface area contributed by atoms with Crippen molar-refractivity contribution >= 4 is 5.78 Å². The highest BCUT2D eigenvalue weighted by atomic mass is 19.1. The van der Waals surface area contributed by atoms with E-state index in [0.29, 0.717) is 13.0 Å². The van der Waals surface area contributed by atoms with Crippen LogP contribution in [0.15, 0.2) is 0 Å². The molecular weight excluding hydrogens is 197 g/mol. The standard InChI is InChI=1S/C11H20FNO2/c1-9(14)11(3,15)8-13-6-4-5-10(2,12)7-13/h15H,4-8H2,1-3H3/t10-,11+/m0/s1. The van der Waals surface area contributed by atoms with Crippen molar-refractivity contribution in [2.45, 2.75) is 44.9 Å². The zero-order valence-corrected chi connectivity index (χ0v) is 9.72. The summed E-state index contributed by atoms with van der Waals surface area (Å²) in [6.07, 6.45) is 1.34. The van der Waals surface area contributed by atoms with E-state index >= 15 is 0 Å². The number of nitrogens with zero attached hydrogens (tertiary/aromatic N) is 1. The summed E-state index contributed by atoms with van der Waals surface area (Å²) in [5, 5.41) is 9.80. The van der Waals surface area contributed by atoms with Crippen LogP contribution in [-0.4, -0.2) is 46.7 Å². The van der Waals surface area contributed by atoms with Crippen LogP contribution in [0.4, 0.5) is 4.39 Å². The highest BCUT2D eigenvalue weighted by Crippen LogP contribution is 2.25. The number of rotatable bonds is 3. The number of halogens is 1. The Balaban J connectivity index is 2.55. The second-order valence-corrected chi connectivity index (χ2v) is 5.06. The molecule has 1 heterocycles. The van der Waals surface area contributed by atoms with Gasteiger partial charge in [-0.05, 0) is 40.2 Å². The van der Waals surface area contributed by atoms with Crippen molar-refractivity contribution in [2.24, 2.45) is 0 Å². The molecule has 0 spiro atoms. The Labute approximate surface area is 90.3 Å². The van der Waals surface area contributed by atoms with Gasteiger partial charge in [0.2, 0.25) is 0 Å². The fraction of sp³-hybridized carbons (Fsp3) is 0.909. The number of hydrogen-bond donors (Lipinski definition) is 1. The average molecular weight is 217 g/mol. The minimum Gasteiger partial charge on any atom is -0.381 e. The topological polar surface area (TPSA) is 40.5 Å². The first kappa shape index (κ1) is 12.6. The van der Waals surface area contributed by atoms with E-state index in [4.69, 9.17) is 0 Å². The molecule has 4 heteroatoms. The van der Waals surface area contributed by atoms with Gasteiger partial charge in [-0.3, -0.25) is 9.69 Å². The van der Waals surface area contributed by atoms with Crippen LogP contribution in [0, 0.1) is 0 Å². The number of piperidine rings is 1. The van der Waals surface area contributed by atoms with Gasteiger partial charge in [0.15, 0.2) is 5.78 Å². The summed E-state index contributed by atoms with van der Waals surface area (Å²) < 4.78 is 13.7. The monoisotopic (exact) mass is 217 g/mol. The van der Waals surface area contributed by atoms with Crippen molar-refractivity contribution in [3.8, 4) is 0 Å². The number of ketones is 1. The number of β-amino-alcohol motifs (C(OH)–C–C–N with tert-alkyl or cyclic N) is 1. The first-order valence-corrected chi connectivity index (χ1v) is 5.38. The van der Waals surface area contributed by atoms with Crippen LogP contribution in [0.2, 0.25) is 0 Å². The normalized spacial score (nSPS) is 32.3. The number of aliphatic hydroxyl groups is 1. The van der Waals surface area contributed by atoms with E-state index in [0.717, 1.165) is 13.0 Å². The average Bonchev–Trinajstić information content (AvgIpc) is 2.00. The minimum atomic E-state index is -1.35. The molecule has 1 saturated heterocycles. The third-order valence-corrected chi connectivity index (χ3v) is 3.02. The first-order valence-electron chi connectivity index (χ1n) is 5.38. The van der Waals surface area contributed by atoms with Gasteiger partial charge < -0.3 is 5.11 Å². The van der Waals surface area contributed by atoms with Gasteiger partial charge in [-0.15, -0.1) is 0 Å². The maximum absolute atomic E-state index is 13.7. The molecule has 0 amide bonds. The third kappa shape index (κ3) is 3.54. The highest BCUT2D eigenvalue weighted by molar-refractivity contribution is 5.84. The molecule has 1 fully saturated rings. The Morgan fingerprint density at radius 1 is 1.67 bits per heavy atom. The number of alkyl halides is 1. The van der Waals surface area contributed by atoms with E-state index < -0.39 is 11.3 Å². The van der Waals surface area contributed by atoms with Gasteiger partial charge in [0.25, 0.3) is 0 Å². The van der Waals surface area contributed by atoms with Gasteiger partial charge in [-0.1, -0.05) is 0 Å². The second-order valence-electron chi connectivity index (χ2n) is 5.06. The summed E-state index contributed by atoms with van der Waals surface area (Å²) in [5.74, 6) is -0.270. The van der Waals surface area contributed by atoms with Crippen LogP contribution in [0.1, 0.15) is 33.6 Å². The molecule has 0 aromatic rings. The molecule has 15 heavy (non-hydrogen) atoms. The van der Waals surface area contributed by atoms with Gasteiger partial charge >= 0.3 is 0 Å². The lowest BCUT2D eigenvalue weighted by Gasteiger charge is -2.38. The van der Waals surface area contributed by atoms with Crippen LogP contribution in [0.3, 0.4) is 0 Å². The van der Waals surface area contributed by atoms with Crippen molar-refractivity contribution in [1.29, 1.82) is 0 Å². The molecule has 1 aliphatic rings. The lowest BCUT2D eigenvalue weighted by atomic mass is 9.94. The Kier molecular flexibility index (Phi) is 3.51. The summed E-state index contributed by atoms with van der Waals surface area (Å²) in [6, 6.07) is 0. The zero-order chi connectivity index (χ0) is 11.7. The predicted octanol–water partition coefficient (Wildman–Crippen LogP) is 1.15. The van der Waals surface area contributed by atoms with Crippen molar-refractivity contribution < 1.29 is 14.3 Å². The summed E-state index contributed by atoms with van der Waals surface area (Å²) >= 11 is 0. The van der Waals surface area contributed by atoms with Gasteiger partial charge in [0.05, 0.1) is 0 Å². The van der Waals surface area contributed by atoms with Crippen molar-refractivity contribution in [1.82, 2.24) is 4.90 Å². The van der Waals surface area contributed by atoms with Gasteiger partial charge in [0.1, 0.15) is 11.3 Å². The lowest BCUT2D eigenvalue weighted by molar-refractivity contribution is -0.136. The van der Waals surface area contributed by atoms with Crippen LogP contribution < -0.4 is 0 Å². The van der Waals surface area contributed by atoms with Crippen molar-refractivity contribution in [2.75, 3.05) is 19.6 Å². The second kappa shape index (κ2) is 4.18. The molecule has 0 aliphatic carbocycles. The molecule has 88 valence electrons. The summed E-state index contributed by atoms with van der Waals surface area (Å²) in [6.45, 7) is 5.70. The number of carbonyl (C=O) groups excluding carboxylic acids is 1. The maximum atomic E-state index is 13.7. The van der Waals surface area contributed by atoms with Gasteiger partial charge in [0, 0.05) is 13.1 Å². The fourth-order valence-corrected chi connectivity index (χ4v) is 1.98. The molecule has 0 bridgehead atoms. The van der Waals surface area contributed by atoms with Crippen LogP contribution >= 0.6 is 0 Å². The molecule has 2 atom stereocenters. The Morgan fingerprint density at radius 2 is 2.27 bits per heavy atom. The molecule has 0 aromatic heterocycles.